The van der Waals surface area contributed by atoms with Crippen molar-refractivity contribution in [3.8, 4) is 0 Å². The molecular formula is C20H38. The first-order chi connectivity index (χ1) is 9.55. The monoisotopic (exact) mass is 278 g/mol. The lowest BCUT2D eigenvalue weighted by Crippen LogP contribution is -2.27. The molecule has 2 aliphatic rings. The van der Waals surface area contributed by atoms with Crippen LogP contribution in [0.5, 0.6) is 0 Å². The quantitative estimate of drug-likeness (QED) is 0.483. The van der Waals surface area contributed by atoms with Gasteiger partial charge >= 0.3 is 0 Å². The van der Waals surface area contributed by atoms with Crippen LogP contribution in [-0.4, -0.2) is 0 Å². The highest BCUT2D eigenvalue weighted by molar-refractivity contribution is 5.29. The average molecular weight is 279 g/mol. The van der Waals surface area contributed by atoms with E-state index in [-0.39, 0.29) is 0 Å². The Hall–Kier alpha value is -0.520. The summed E-state index contributed by atoms with van der Waals surface area (Å²) < 4.78 is 0. The third-order valence-electron chi connectivity index (χ3n) is 4.09. The van der Waals surface area contributed by atoms with Crippen molar-refractivity contribution in [1.82, 2.24) is 0 Å². The zero-order valence-electron chi connectivity index (χ0n) is 15.1. The van der Waals surface area contributed by atoms with Crippen LogP contribution in [0.25, 0.3) is 0 Å². The van der Waals surface area contributed by atoms with E-state index >= 15 is 0 Å². The fourth-order valence-electron chi connectivity index (χ4n) is 3.21. The molecule has 4 unspecified atom stereocenters. The molecule has 2 rings (SSSR count). The molecule has 0 aromatic carbocycles. The standard InChI is InChI=1S/C14H22.2C3H8/c1-4-13-11(3)6-7-12-9-10(2)5-8-14(12)13;2*1-3-2/h6-7,9-11,13-14H,4-5,8H2,1-3H3;2*3H2,1-2H3. The minimum absolute atomic E-state index is 0.788. The Morgan fingerprint density at radius 1 is 0.950 bits per heavy atom. The maximum Gasteiger partial charge on any atom is -0.0131 e. The van der Waals surface area contributed by atoms with Gasteiger partial charge in [0.1, 0.15) is 0 Å². The molecule has 0 N–H and O–H groups in total. The van der Waals surface area contributed by atoms with E-state index in [0.717, 1.165) is 23.7 Å². The van der Waals surface area contributed by atoms with Crippen LogP contribution in [0.3, 0.4) is 0 Å². The maximum atomic E-state index is 2.50. The maximum absolute atomic E-state index is 2.50. The van der Waals surface area contributed by atoms with E-state index in [4.69, 9.17) is 0 Å². The summed E-state index contributed by atoms with van der Waals surface area (Å²) in [6.07, 6.45) is 13.9. The van der Waals surface area contributed by atoms with Crippen molar-refractivity contribution < 1.29 is 0 Å². The molecule has 20 heavy (non-hydrogen) atoms. The molecule has 0 bridgehead atoms. The van der Waals surface area contributed by atoms with Crippen molar-refractivity contribution in [2.24, 2.45) is 23.7 Å². The van der Waals surface area contributed by atoms with E-state index in [2.05, 4.69) is 66.7 Å². The van der Waals surface area contributed by atoms with E-state index in [1.165, 1.54) is 32.1 Å². The molecule has 0 spiro atoms. The average Bonchev–Trinajstić information content (AvgIpc) is 2.41. The van der Waals surface area contributed by atoms with E-state index in [1.54, 1.807) is 5.57 Å². The van der Waals surface area contributed by atoms with Gasteiger partial charge in [-0.2, -0.15) is 0 Å². The van der Waals surface area contributed by atoms with Gasteiger partial charge in [-0.05, 0) is 42.1 Å². The summed E-state index contributed by atoms with van der Waals surface area (Å²) in [4.78, 5) is 0. The van der Waals surface area contributed by atoms with E-state index in [0.29, 0.717) is 0 Å². The van der Waals surface area contributed by atoms with Gasteiger partial charge in [0.25, 0.3) is 0 Å². The number of fused-ring (bicyclic) bond motifs is 1. The van der Waals surface area contributed by atoms with Crippen molar-refractivity contribution in [1.29, 1.82) is 0 Å². The fraction of sp³-hybridized carbons (Fsp3) is 0.800. The van der Waals surface area contributed by atoms with Crippen LogP contribution >= 0.6 is 0 Å². The topological polar surface area (TPSA) is 0 Å². The zero-order valence-corrected chi connectivity index (χ0v) is 15.1. The van der Waals surface area contributed by atoms with Gasteiger partial charge in [0, 0.05) is 0 Å². The molecule has 0 saturated heterocycles. The number of hydrogen-bond acceptors (Lipinski definition) is 0. The molecule has 0 nitrogen and oxygen atoms in total. The second-order valence-corrected chi connectivity index (χ2v) is 6.53. The van der Waals surface area contributed by atoms with Gasteiger partial charge in [-0.15, -0.1) is 0 Å². The molecule has 0 saturated carbocycles. The van der Waals surface area contributed by atoms with E-state index < -0.39 is 0 Å². The summed E-state index contributed by atoms with van der Waals surface area (Å²) in [5.41, 5.74) is 1.63. The molecule has 0 heterocycles. The van der Waals surface area contributed by atoms with Crippen molar-refractivity contribution in [2.45, 2.75) is 80.6 Å². The summed E-state index contributed by atoms with van der Waals surface area (Å²) >= 11 is 0. The molecule has 0 aromatic heterocycles. The molecule has 118 valence electrons. The van der Waals surface area contributed by atoms with Gasteiger partial charge in [-0.1, -0.05) is 86.0 Å². The van der Waals surface area contributed by atoms with Crippen LogP contribution in [0.2, 0.25) is 0 Å². The molecule has 0 heteroatoms. The summed E-state index contributed by atoms with van der Waals surface area (Å²) in [5.74, 6) is 3.36. The van der Waals surface area contributed by atoms with Crippen molar-refractivity contribution in [3.63, 3.8) is 0 Å². The second-order valence-electron chi connectivity index (χ2n) is 6.53. The van der Waals surface area contributed by atoms with Crippen LogP contribution in [0.15, 0.2) is 23.8 Å². The minimum Gasteiger partial charge on any atom is -0.0811 e. The van der Waals surface area contributed by atoms with E-state index in [9.17, 15) is 0 Å². The number of hydrogen-bond donors (Lipinski definition) is 0. The first-order valence-electron chi connectivity index (χ1n) is 8.95. The molecule has 0 radical (unpaired) electrons. The number of rotatable bonds is 1. The van der Waals surface area contributed by atoms with E-state index in [1.807, 2.05) is 0 Å². The van der Waals surface area contributed by atoms with Crippen molar-refractivity contribution in [3.05, 3.63) is 23.8 Å². The van der Waals surface area contributed by atoms with Crippen LogP contribution < -0.4 is 0 Å². The molecule has 4 atom stereocenters. The second kappa shape index (κ2) is 11.2. The van der Waals surface area contributed by atoms with Gasteiger partial charge in [0.15, 0.2) is 0 Å². The van der Waals surface area contributed by atoms with Crippen LogP contribution in [-0.2, 0) is 0 Å². The molecule has 0 aromatic rings. The first-order valence-corrected chi connectivity index (χ1v) is 8.95. The minimum atomic E-state index is 0.788. The largest absolute Gasteiger partial charge is 0.0811 e. The fourth-order valence-corrected chi connectivity index (χ4v) is 3.21. The summed E-state index contributed by atoms with van der Waals surface area (Å²) in [7, 11) is 0. The lowest BCUT2D eigenvalue weighted by Gasteiger charge is -2.38. The van der Waals surface area contributed by atoms with Crippen LogP contribution in [0, 0.1) is 23.7 Å². The van der Waals surface area contributed by atoms with Gasteiger partial charge in [0.2, 0.25) is 0 Å². The Morgan fingerprint density at radius 3 is 2.00 bits per heavy atom. The van der Waals surface area contributed by atoms with Gasteiger partial charge in [-0.3, -0.25) is 0 Å². The molecule has 2 aliphatic carbocycles. The summed E-state index contributed by atoms with van der Waals surface area (Å²) in [5, 5.41) is 0. The lowest BCUT2D eigenvalue weighted by atomic mass is 9.67. The first kappa shape index (κ1) is 19.5. The molecule has 0 amide bonds. The molecular weight excluding hydrogens is 240 g/mol. The Kier molecular flexibility index (Phi) is 10.9. The van der Waals surface area contributed by atoms with Gasteiger partial charge < -0.3 is 0 Å². The van der Waals surface area contributed by atoms with Gasteiger partial charge in [0.05, 0.1) is 0 Å². The molecule has 0 fully saturated rings. The normalized spacial score (nSPS) is 31.1. The summed E-state index contributed by atoms with van der Waals surface area (Å²) in [6.45, 7) is 15.6. The zero-order chi connectivity index (χ0) is 15.5. The smallest absolute Gasteiger partial charge is 0.0131 e. The van der Waals surface area contributed by atoms with Crippen LogP contribution in [0.1, 0.15) is 80.6 Å². The predicted molar refractivity (Wildman–Crippen MR) is 94.0 cm³/mol. The lowest BCUT2D eigenvalue weighted by molar-refractivity contribution is 0.257. The SMILES string of the molecule is CCC.CCC.CCC1C(C)C=CC2=CC(C)CCC21. The Labute approximate surface area is 128 Å². The summed E-state index contributed by atoms with van der Waals surface area (Å²) in [6, 6.07) is 0. The third-order valence-corrected chi connectivity index (χ3v) is 4.09. The highest BCUT2D eigenvalue weighted by Gasteiger charge is 2.31. The Balaban J connectivity index is 0.000000520. The van der Waals surface area contributed by atoms with Gasteiger partial charge in [-0.25, -0.2) is 0 Å². The Morgan fingerprint density at radius 2 is 1.50 bits per heavy atom. The predicted octanol–water partition coefficient (Wildman–Crippen LogP) is 7.02. The Bertz CT molecular complexity index is 282. The molecule has 0 aliphatic heterocycles. The highest BCUT2D eigenvalue weighted by atomic mass is 14.4. The van der Waals surface area contributed by atoms with Crippen LogP contribution in [0.4, 0.5) is 0 Å². The number of allylic oxidation sites excluding steroid dienone is 4. The third kappa shape index (κ3) is 6.29. The van der Waals surface area contributed by atoms with Crippen molar-refractivity contribution >= 4 is 0 Å². The van der Waals surface area contributed by atoms with Crippen molar-refractivity contribution in [2.75, 3.05) is 0 Å². The highest BCUT2D eigenvalue weighted by Crippen LogP contribution is 2.42.